The van der Waals surface area contributed by atoms with Crippen LogP contribution in [-0.2, 0) is 11.2 Å². The van der Waals surface area contributed by atoms with Crippen molar-refractivity contribution in [2.75, 3.05) is 13.7 Å². The fourth-order valence-electron chi connectivity index (χ4n) is 3.26. The summed E-state index contributed by atoms with van der Waals surface area (Å²) in [7, 11) is 1.59. The van der Waals surface area contributed by atoms with Crippen molar-refractivity contribution in [3.05, 3.63) is 71.8 Å². The van der Waals surface area contributed by atoms with Gasteiger partial charge >= 0.3 is 5.97 Å². The predicted molar refractivity (Wildman–Crippen MR) is 107 cm³/mol. The highest BCUT2D eigenvalue weighted by molar-refractivity contribution is 5.89. The van der Waals surface area contributed by atoms with Gasteiger partial charge in [-0.3, -0.25) is 4.79 Å². The largest absolute Gasteiger partial charge is 0.497 e. The van der Waals surface area contributed by atoms with Gasteiger partial charge < -0.3 is 14.6 Å². The van der Waals surface area contributed by atoms with Gasteiger partial charge in [0, 0.05) is 5.56 Å². The average Bonchev–Trinajstić information content (AvgIpc) is 2.70. The Balaban J connectivity index is 2.03. The van der Waals surface area contributed by atoms with E-state index in [-0.39, 0.29) is 0 Å². The molecule has 0 saturated carbocycles. The highest BCUT2D eigenvalue weighted by Gasteiger charge is 2.23. The zero-order valence-electron chi connectivity index (χ0n) is 15.6. The molecule has 0 saturated heterocycles. The molecule has 0 aliphatic carbocycles. The number of carbonyl (C=O) groups is 1. The van der Waals surface area contributed by atoms with Crippen LogP contribution in [-0.4, -0.2) is 24.8 Å². The molecular weight excluding hydrogens is 340 g/mol. The second kappa shape index (κ2) is 8.58. The van der Waals surface area contributed by atoms with Crippen LogP contribution in [0.4, 0.5) is 0 Å². The van der Waals surface area contributed by atoms with Gasteiger partial charge in [0.25, 0.3) is 0 Å². The molecule has 3 rings (SSSR count). The van der Waals surface area contributed by atoms with Crippen molar-refractivity contribution in [2.24, 2.45) is 0 Å². The molecule has 0 fully saturated rings. The van der Waals surface area contributed by atoms with Crippen LogP contribution >= 0.6 is 0 Å². The van der Waals surface area contributed by atoms with Gasteiger partial charge in [0.05, 0.1) is 19.6 Å². The molecule has 0 aliphatic heterocycles. The number of benzene rings is 3. The maximum Gasteiger partial charge on any atom is 0.311 e. The Kier molecular flexibility index (Phi) is 5.97. The molecule has 1 unspecified atom stereocenters. The molecule has 0 heterocycles. The minimum absolute atomic E-state index is 0.363. The third-order valence-electron chi connectivity index (χ3n) is 4.68. The van der Waals surface area contributed by atoms with Gasteiger partial charge in [-0.25, -0.2) is 0 Å². The monoisotopic (exact) mass is 364 g/mol. The van der Waals surface area contributed by atoms with Crippen molar-refractivity contribution in [3.8, 4) is 11.5 Å². The van der Waals surface area contributed by atoms with E-state index in [1.807, 2.05) is 48.5 Å². The van der Waals surface area contributed by atoms with Crippen LogP contribution in [0.25, 0.3) is 10.8 Å². The Morgan fingerprint density at radius 1 is 1.04 bits per heavy atom. The number of rotatable bonds is 8. The van der Waals surface area contributed by atoms with Crippen molar-refractivity contribution in [2.45, 2.75) is 25.7 Å². The molecule has 0 aliphatic rings. The summed E-state index contributed by atoms with van der Waals surface area (Å²) in [5, 5.41) is 12.0. The molecule has 4 heteroatoms. The maximum absolute atomic E-state index is 12.0. The van der Waals surface area contributed by atoms with Gasteiger partial charge in [-0.15, -0.1) is 0 Å². The summed E-state index contributed by atoms with van der Waals surface area (Å²) in [6.45, 7) is 2.66. The standard InChI is InChI=1S/C23H24O4/c1-3-14-27-22-13-10-16-6-4-5-7-19(16)21(22)15-20(23(24)25)17-8-11-18(26-2)12-9-17/h4-13,20H,3,14-15H2,1-2H3,(H,24,25). The van der Waals surface area contributed by atoms with Crippen molar-refractivity contribution in [3.63, 3.8) is 0 Å². The van der Waals surface area contributed by atoms with Crippen LogP contribution in [0, 0.1) is 0 Å². The minimum Gasteiger partial charge on any atom is -0.497 e. The van der Waals surface area contributed by atoms with Gasteiger partial charge in [-0.05, 0) is 47.4 Å². The van der Waals surface area contributed by atoms with Crippen molar-refractivity contribution < 1.29 is 19.4 Å². The quantitative estimate of drug-likeness (QED) is 0.608. The SMILES string of the molecule is CCCOc1ccc2ccccc2c1CC(C(=O)O)c1ccc(OC)cc1. The lowest BCUT2D eigenvalue weighted by Gasteiger charge is -2.18. The topological polar surface area (TPSA) is 55.8 Å². The molecule has 0 radical (unpaired) electrons. The molecule has 0 amide bonds. The molecule has 1 atom stereocenters. The number of aliphatic carboxylic acids is 1. The van der Waals surface area contributed by atoms with E-state index in [2.05, 4.69) is 6.92 Å². The highest BCUT2D eigenvalue weighted by atomic mass is 16.5. The Hall–Kier alpha value is -3.01. The van der Waals surface area contributed by atoms with Crippen LogP contribution in [0.1, 0.15) is 30.4 Å². The summed E-state index contributed by atoms with van der Waals surface area (Å²) in [4.78, 5) is 12.0. The first-order valence-corrected chi connectivity index (χ1v) is 9.14. The number of hydrogen-bond acceptors (Lipinski definition) is 3. The molecule has 0 aromatic heterocycles. The van der Waals surface area contributed by atoms with Gasteiger partial charge in [0.15, 0.2) is 0 Å². The molecule has 3 aromatic rings. The second-order valence-corrected chi connectivity index (χ2v) is 6.48. The van der Waals surface area contributed by atoms with Gasteiger partial charge in [-0.1, -0.05) is 49.4 Å². The smallest absolute Gasteiger partial charge is 0.311 e. The first-order chi connectivity index (χ1) is 13.1. The zero-order chi connectivity index (χ0) is 19.2. The number of ether oxygens (including phenoxy) is 2. The van der Waals surface area contributed by atoms with Crippen LogP contribution < -0.4 is 9.47 Å². The Morgan fingerprint density at radius 3 is 2.44 bits per heavy atom. The number of methoxy groups -OCH3 is 1. The molecule has 0 bridgehead atoms. The fourth-order valence-corrected chi connectivity index (χ4v) is 3.26. The summed E-state index contributed by atoms with van der Waals surface area (Å²) in [5.74, 6) is -0.0458. The molecule has 0 spiro atoms. The summed E-state index contributed by atoms with van der Waals surface area (Å²) >= 11 is 0. The number of hydrogen-bond donors (Lipinski definition) is 1. The fraction of sp³-hybridized carbons (Fsp3) is 0.261. The van der Waals surface area contributed by atoms with Crippen molar-refractivity contribution in [1.82, 2.24) is 0 Å². The van der Waals surface area contributed by atoms with Crippen molar-refractivity contribution in [1.29, 1.82) is 0 Å². The van der Waals surface area contributed by atoms with E-state index in [4.69, 9.17) is 9.47 Å². The van der Waals surface area contributed by atoms with E-state index in [1.165, 1.54) is 0 Å². The third kappa shape index (κ3) is 4.22. The van der Waals surface area contributed by atoms with Gasteiger partial charge in [0.1, 0.15) is 11.5 Å². The van der Waals surface area contributed by atoms with Gasteiger partial charge in [-0.2, -0.15) is 0 Å². The Labute approximate surface area is 159 Å². The molecule has 27 heavy (non-hydrogen) atoms. The summed E-state index contributed by atoms with van der Waals surface area (Å²) in [6, 6.07) is 19.2. The summed E-state index contributed by atoms with van der Waals surface area (Å²) in [5.41, 5.74) is 1.68. The molecular formula is C23H24O4. The van der Waals surface area contributed by atoms with E-state index >= 15 is 0 Å². The lowest BCUT2D eigenvalue weighted by Crippen LogP contribution is -2.15. The summed E-state index contributed by atoms with van der Waals surface area (Å²) in [6.07, 6.45) is 1.26. The summed E-state index contributed by atoms with van der Waals surface area (Å²) < 4.78 is 11.1. The van der Waals surface area contributed by atoms with E-state index in [9.17, 15) is 9.90 Å². The van der Waals surface area contributed by atoms with Crippen LogP contribution in [0.5, 0.6) is 11.5 Å². The second-order valence-electron chi connectivity index (χ2n) is 6.48. The van der Waals surface area contributed by atoms with E-state index in [0.29, 0.717) is 18.8 Å². The van der Waals surface area contributed by atoms with Crippen LogP contribution in [0.2, 0.25) is 0 Å². The van der Waals surface area contributed by atoms with Crippen molar-refractivity contribution >= 4 is 16.7 Å². The molecule has 140 valence electrons. The first kappa shape index (κ1) is 18.8. The van der Waals surface area contributed by atoms with E-state index in [1.54, 1.807) is 19.2 Å². The normalized spacial score (nSPS) is 11.9. The Morgan fingerprint density at radius 2 is 1.78 bits per heavy atom. The first-order valence-electron chi connectivity index (χ1n) is 9.14. The zero-order valence-corrected chi connectivity index (χ0v) is 15.6. The number of fused-ring (bicyclic) bond motifs is 1. The predicted octanol–water partition coefficient (Wildman–Crippen LogP) is 5.05. The van der Waals surface area contributed by atoms with E-state index in [0.717, 1.165) is 34.1 Å². The Bertz CT molecular complexity index is 915. The van der Waals surface area contributed by atoms with Gasteiger partial charge in [0.2, 0.25) is 0 Å². The maximum atomic E-state index is 12.0. The third-order valence-corrected chi connectivity index (χ3v) is 4.68. The lowest BCUT2D eigenvalue weighted by molar-refractivity contribution is -0.138. The number of carboxylic acid groups (broad SMARTS) is 1. The molecule has 1 N–H and O–H groups in total. The highest BCUT2D eigenvalue weighted by Crippen LogP contribution is 2.33. The van der Waals surface area contributed by atoms with Crippen LogP contribution in [0.15, 0.2) is 60.7 Å². The van der Waals surface area contributed by atoms with E-state index < -0.39 is 11.9 Å². The number of carboxylic acids is 1. The average molecular weight is 364 g/mol. The van der Waals surface area contributed by atoms with Crippen LogP contribution in [0.3, 0.4) is 0 Å². The molecule has 4 nitrogen and oxygen atoms in total. The molecule has 3 aromatic carbocycles. The minimum atomic E-state index is -0.852. The lowest BCUT2D eigenvalue weighted by atomic mass is 9.89.